The van der Waals surface area contributed by atoms with Crippen LogP contribution in [0.15, 0.2) is 0 Å². The Morgan fingerprint density at radius 2 is 1.71 bits per heavy atom. The van der Waals surface area contributed by atoms with Crippen LogP contribution in [0.5, 0.6) is 0 Å². The molecule has 0 aromatic rings. The van der Waals surface area contributed by atoms with Gasteiger partial charge in [-0.05, 0) is 41.5 Å². The third kappa shape index (κ3) is 9.42. The second-order valence-electron chi connectivity index (χ2n) is 6.60. The van der Waals surface area contributed by atoms with Gasteiger partial charge in [0.05, 0.1) is 25.2 Å². The molecule has 0 fully saturated rings. The van der Waals surface area contributed by atoms with Crippen molar-refractivity contribution >= 4 is 11.9 Å². The SMILES string of the molecule is CCOC(=O)CC(C)(C)N[C@@H](COC(C)(C)C)C(=O)NC. The summed E-state index contributed by atoms with van der Waals surface area (Å²) in [6.45, 7) is 11.8. The molecule has 0 saturated carbocycles. The highest BCUT2D eigenvalue weighted by molar-refractivity contribution is 5.81. The largest absolute Gasteiger partial charge is 0.466 e. The molecular weight excluding hydrogens is 272 g/mol. The summed E-state index contributed by atoms with van der Waals surface area (Å²) in [6.07, 6.45) is 0.184. The minimum absolute atomic E-state index is 0.170. The predicted octanol–water partition coefficient (Wildman–Crippen LogP) is 1.24. The van der Waals surface area contributed by atoms with Gasteiger partial charge in [-0.3, -0.25) is 14.9 Å². The second kappa shape index (κ2) is 8.34. The first-order chi connectivity index (χ1) is 9.50. The van der Waals surface area contributed by atoms with Crippen molar-refractivity contribution < 1.29 is 19.1 Å². The van der Waals surface area contributed by atoms with Gasteiger partial charge in [-0.25, -0.2) is 0 Å². The molecule has 21 heavy (non-hydrogen) atoms. The van der Waals surface area contributed by atoms with Crippen molar-refractivity contribution in [2.75, 3.05) is 20.3 Å². The fraction of sp³-hybridized carbons (Fsp3) is 0.867. The van der Waals surface area contributed by atoms with Crippen LogP contribution in [-0.4, -0.2) is 49.3 Å². The summed E-state index contributed by atoms with van der Waals surface area (Å²) < 4.78 is 10.6. The fourth-order valence-electron chi connectivity index (χ4n) is 1.79. The Morgan fingerprint density at radius 3 is 2.14 bits per heavy atom. The van der Waals surface area contributed by atoms with E-state index in [4.69, 9.17) is 9.47 Å². The highest BCUT2D eigenvalue weighted by atomic mass is 16.5. The third-order valence-corrected chi connectivity index (χ3v) is 2.70. The minimum Gasteiger partial charge on any atom is -0.466 e. The fourth-order valence-corrected chi connectivity index (χ4v) is 1.79. The average molecular weight is 302 g/mol. The first-order valence-electron chi connectivity index (χ1n) is 7.29. The molecule has 0 radical (unpaired) electrons. The van der Waals surface area contributed by atoms with Crippen LogP contribution in [-0.2, 0) is 19.1 Å². The van der Waals surface area contributed by atoms with E-state index in [0.29, 0.717) is 6.61 Å². The number of carbonyl (C=O) groups excluding carboxylic acids is 2. The number of hydrogen-bond donors (Lipinski definition) is 2. The Balaban J connectivity index is 4.71. The molecule has 1 atom stereocenters. The first kappa shape index (κ1) is 19.9. The molecule has 6 heteroatoms. The van der Waals surface area contributed by atoms with Crippen LogP contribution in [0.1, 0.15) is 48.0 Å². The number of likely N-dealkylation sites (N-methyl/N-ethyl adjacent to an activating group) is 1. The van der Waals surface area contributed by atoms with Crippen molar-refractivity contribution in [3.05, 3.63) is 0 Å². The molecule has 0 aromatic carbocycles. The Morgan fingerprint density at radius 1 is 1.14 bits per heavy atom. The van der Waals surface area contributed by atoms with Crippen molar-refractivity contribution in [3.63, 3.8) is 0 Å². The Labute approximate surface area is 127 Å². The third-order valence-electron chi connectivity index (χ3n) is 2.70. The highest BCUT2D eigenvalue weighted by Gasteiger charge is 2.30. The lowest BCUT2D eigenvalue weighted by molar-refractivity contribution is -0.145. The van der Waals surface area contributed by atoms with E-state index in [1.54, 1.807) is 14.0 Å². The zero-order valence-corrected chi connectivity index (χ0v) is 14.3. The molecule has 0 rings (SSSR count). The Hall–Kier alpha value is -1.14. The quantitative estimate of drug-likeness (QED) is 0.660. The maximum absolute atomic E-state index is 11.9. The van der Waals surface area contributed by atoms with Crippen LogP contribution >= 0.6 is 0 Å². The van der Waals surface area contributed by atoms with Crippen molar-refractivity contribution in [1.82, 2.24) is 10.6 Å². The summed E-state index contributed by atoms with van der Waals surface area (Å²) >= 11 is 0. The second-order valence-corrected chi connectivity index (χ2v) is 6.60. The molecule has 0 spiro atoms. The molecule has 0 unspecified atom stereocenters. The minimum atomic E-state index is -0.565. The number of esters is 1. The predicted molar refractivity (Wildman–Crippen MR) is 82.0 cm³/mol. The smallest absolute Gasteiger partial charge is 0.307 e. The van der Waals surface area contributed by atoms with Crippen LogP contribution < -0.4 is 10.6 Å². The van der Waals surface area contributed by atoms with E-state index in [-0.39, 0.29) is 30.5 Å². The summed E-state index contributed by atoms with van der Waals surface area (Å²) in [5.41, 5.74) is -0.899. The van der Waals surface area contributed by atoms with E-state index in [2.05, 4.69) is 10.6 Å². The number of ether oxygens (including phenoxy) is 2. The van der Waals surface area contributed by atoms with E-state index in [1.807, 2.05) is 34.6 Å². The standard InChI is InChI=1S/C15H30N2O4/c1-8-20-12(18)9-15(5,6)17-11(13(19)16-7)10-21-14(2,3)4/h11,17H,8-10H2,1-7H3,(H,16,19)/t11-/m0/s1. The summed E-state index contributed by atoms with van der Waals surface area (Å²) in [7, 11) is 1.58. The topological polar surface area (TPSA) is 76.7 Å². The molecule has 0 aromatic heterocycles. The first-order valence-corrected chi connectivity index (χ1v) is 7.29. The van der Waals surface area contributed by atoms with Gasteiger partial charge >= 0.3 is 5.97 Å². The van der Waals surface area contributed by atoms with Gasteiger partial charge in [-0.2, -0.15) is 0 Å². The molecule has 0 bridgehead atoms. The van der Waals surface area contributed by atoms with E-state index >= 15 is 0 Å². The summed E-state index contributed by atoms with van der Waals surface area (Å²) in [4.78, 5) is 23.6. The molecule has 0 heterocycles. The Bertz CT molecular complexity index is 348. The number of carbonyl (C=O) groups is 2. The van der Waals surface area contributed by atoms with E-state index in [0.717, 1.165) is 0 Å². The van der Waals surface area contributed by atoms with Crippen LogP contribution in [0.3, 0.4) is 0 Å². The van der Waals surface area contributed by atoms with E-state index in [9.17, 15) is 9.59 Å². The monoisotopic (exact) mass is 302 g/mol. The van der Waals surface area contributed by atoms with Gasteiger partial charge in [0.25, 0.3) is 0 Å². The molecule has 0 aliphatic carbocycles. The Kier molecular flexibility index (Phi) is 7.89. The van der Waals surface area contributed by atoms with Gasteiger partial charge in [0, 0.05) is 12.6 Å². The summed E-state index contributed by atoms with van der Waals surface area (Å²) in [5.74, 6) is -0.460. The number of hydrogen-bond acceptors (Lipinski definition) is 5. The molecular formula is C15H30N2O4. The van der Waals surface area contributed by atoms with Crippen LogP contribution in [0.2, 0.25) is 0 Å². The lowest BCUT2D eigenvalue weighted by atomic mass is 9.99. The van der Waals surface area contributed by atoms with Crippen LogP contribution in [0, 0.1) is 0 Å². The highest BCUT2D eigenvalue weighted by Crippen LogP contribution is 2.13. The molecule has 6 nitrogen and oxygen atoms in total. The normalized spacial score (nSPS) is 13.7. The molecule has 0 aliphatic rings. The van der Waals surface area contributed by atoms with Crippen molar-refractivity contribution in [3.8, 4) is 0 Å². The number of nitrogens with one attached hydrogen (secondary N) is 2. The summed E-state index contributed by atoms with van der Waals surface area (Å²) in [6, 6.07) is -0.529. The van der Waals surface area contributed by atoms with E-state index in [1.165, 1.54) is 0 Å². The van der Waals surface area contributed by atoms with E-state index < -0.39 is 11.6 Å². The zero-order chi connectivity index (χ0) is 16.7. The summed E-state index contributed by atoms with van der Waals surface area (Å²) in [5, 5.41) is 5.77. The molecule has 124 valence electrons. The van der Waals surface area contributed by atoms with Crippen molar-refractivity contribution in [1.29, 1.82) is 0 Å². The van der Waals surface area contributed by atoms with Gasteiger partial charge in [0.2, 0.25) is 5.91 Å². The number of amides is 1. The maximum atomic E-state index is 11.9. The number of rotatable bonds is 8. The molecule has 0 saturated heterocycles. The lowest BCUT2D eigenvalue weighted by Crippen LogP contribution is -2.55. The van der Waals surface area contributed by atoms with Gasteiger partial charge < -0.3 is 14.8 Å². The molecule has 1 amide bonds. The maximum Gasteiger partial charge on any atom is 0.307 e. The zero-order valence-electron chi connectivity index (χ0n) is 14.3. The van der Waals surface area contributed by atoms with Gasteiger partial charge in [0.1, 0.15) is 6.04 Å². The van der Waals surface area contributed by atoms with Gasteiger partial charge in [-0.15, -0.1) is 0 Å². The van der Waals surface area contributed by atoms with Crippen molar-refractivity contribution in [2.45, 2.75) is 65.1 Å². The molecule has 2 N–H and O–H groups in total. The average Bonchev–Trinajstić information content (AvgIpc) is 2.31. The van der Waals surface area contributed by atoms with Crippen LogP contribution in [0.4, 0.5) is 0 Å². The molecule has 0 aliphatic heterocycles. The lowest BCUT2D eigenvalue weighted by Gasteiger charge is -2.32. The van der Waals surface area contributed by atoms with Gasteiger partial charge in [-0.1, -0.05) is 0 Å². The van der Waals surface area contributed by atoms with Crippen molar-refractivity contribution in [2.24, 2.45) is 0 Å². The van der Waals surface area contributed by atoms with Crippen LogP contribution in [0.25, 0.3) is 0 Å². The van der Waals surface area contributed by atoms with Gasteiger partial charge in [0.15, 0.2) is 0 Å².